The Labute approximate surface area is 114 Å². The summed E-state index contributed by atoms with van der Waals surface area (Å²) in [7, 11) is 1.42. The summed E-state index contributed by atoms with van der Waals surface area (Å²) in [5, 5.41) is 1.45. The molecule has 1 saturated carbocycles. The van der Waals surface area contributed by atoms with E-state index in [0.29, 0.717) is 12.5 Å². The van der Waals surface area contributed by atoms with Gasteiger partial charge in [-0.15, -0.1) is 11.3 Å². The molecule has 1 aromatic heterocycles. The monoisotopic (exact) mass is 308 g/mol. The quantitative estimate of drug-likeness (QED) is 0.619. The lowest BCUT2D eigenvalue weighted by atomic mass is 9.83. The van der Waals surface area contributed by atoms with E-state index in [4.69, 9.17) is 15.4 Å². The van der Waals surface area contributed by atoms with Crippen molar-refractivity contribution in [2.45, 2.75) is 29.9 Å². The van der Waals surface area contributed by atoms with E-state index in [1.807, 2.05) is 0 Å². The summed E-state index contributed by atoms with van der Waals surface area (Å²) >= 11 is 0.920. The maximum absolute atomic E-state index is 11.6. The minimum atomic E-state index is -3.76. The van der Waals surface area contributed by atoms with Gasteiger partial charge in [-0.1, -0.05) is 19.3 Å². The van der Waals surface area contributed by atoms with Gasteiger partial charge in [0.05, 0.1) is 12.2 Å². The van der Waals surface area contributed by atoms with Crippen molar-refractivity contribution in [3.05, 3.63) is 17.0 Å². The van der Waals surface area contributed by atoms with E-state index in [2.05, 4.69) is 0 Å². The normalized spacial score (nSPS) is 16.3. The van der Waals surface area contributed by atoms with Gasteiger partial charge in [0.1, 0.15) is 4.21 Å². The predicted molar refractivity (Wildman–Crippen MR) is 69.6 cm³/mol. The van der Waals surface area contributed by atoms with Crippen molar-refractivity contribution in [2.75, 3.05) is 6.61 Å². The zero-order valence-electron chi connectivity index (χ0n) is 9.60. The highest BCUT2D eigenvalue weighted by Crippen LogP contribution is 2.29. The van der Waals surface area contributed by atoms with Gasteiger partial charge in [-0.25, -0.2) is 13.2 Å². The van der Waals surface area contributed by atoms with Crippen LogP contribution in [0.25, 0.3) is 0 Å². The largest absolute Gasteiger partial charge is 0.462 e. The maximum atomic E-state index is 11.6. The molecule has 7 heteroatoms. The lowest BCUT2D eigenvalue weighted by Gasteiger charge is -2.24. The Morgan fingerprint density at radius 1 is 1.50 bits per heavy atom. The fourth-order valence-corrected chi connectivity index (χ4v) is 3.67. The Morgan fingerprint density at radius 2 is 2.22 bits per heavy atom. The van der Waals surface area contributed by atoms with Gasteiger partial charge in [-0.2, -0.15) is 0 Å². The first kappa shape index (κ1) is 13.8. The van der Waals surface area contributed by atoms with Crippen LogP contribution >= 0.6 is 22.0 Å². The van der Waals surface area contributed by atoms with Crippen molar-refractivity contribution >= 4 is 37.0 Å². The van der Waals surface area contributed by atoms with E-state index < -0.39 is 15.0 Å². The SMILES string of the molecule is O=C(OCCC1CCC1)c1csc(S(=O)(=O)Cl)c1. The summed E-state index contributed by atoms with van der Waals surface area (Å²) in [6, 6.07) is 1.25. The molecular formula is C11H13ClO4S2. The minimum Gasteiger partial charge on any atom is -0.462 e. The molecule has 0 unspecified atom stereocenters. The highest BCUT2D eigenvalue weighted by molar-refractivity contribution is 8.15. The standard InChI is InChI=1S/C11H13ClO4S2/c12-18(14,15)10-6-9(7-17-10)11(13)16-5-4-8-2-1-3-8/h6-8H,1-5H2. The second-order valence-corrected chi connectivity index (χ2v) is 8.02. The predicted octanol–water partition coefficient (Wildman–Crippen LogP) is 3.02. The number of ether oxygens (including phenoxy) is 1. The molecule has 0 aromatic carbocycles. The van der Waals surface area contributed by atoms with Crippen LogP contribution in [-0.2, 0) is 13.8 Å². The molecule has 2 rings (SSSR count). The van der Waals surface area contributed by atoms with Gasteiger partial charge in [-0.05, 0) is 18.4 Å². The Bertz CT molecular complexity index is 531. The fraction of sp³-hybridized carbons (Fsp3) is 0.545. The molecule has 1 fully saturated rings. The van der Waals surface area contributed by atoms with Crippen LogP contribution in [-0.4, -0.2) is 21.0 Å². The molecule has 0 N–H and O–H groups in total. The van der Waals surface area contributed by atoms with Crippen molar-refractivity contribution in [1.29, 1.82) is 0 Å². The summed E-state index contributed by atoms with van der Waals surface area (Å²) in [6.07, 6.45) is 4.58. The summed E-state index contributed by atoms with van der Waals surface area (Å²) in [5.74, 6) is 0.191. The lowest BCUT2D eigenvalue weighted by Crippen LogP contribution is -2.15. The highest BCUT2D eigenvalue weighted by atomic mass is 35.7. The molecule has 0 atom stereocenters. The molecule has 18 heavy (non-hydrogen) atoms. The number of hydrogen-bond acceptors (Lipinski definition) is 5. The number of carbonyl (C=O) groups excluding carboxylic acids is 1. The molecule has 100 valence electrons. The van der Waals surface area contributed by atoms with Gasteiger partial charge >= 0.3 is 5.97 Å². The lowest BCUT2D eigenvalue weighted by molar-refractivity contribution is 0.0465. The molecule has 0 spiro atoms. The third-order valence-electron chi connectivity index (χ3n) is 3.04. The first-order valence-corrected chi connectivity index (χ1v) is 8.86. The molecule has 1 aromatic rings. The van der Waals surface area contributed by atoms with Gasteiger partial charge in [0.2, 0.25) is 0 Å². The van der Waals surface area contributed by atoms with Crippen molar-refractivity contribution in [2.24, 2.45) is 5.92 Å². The van der Waals surface area contributed by atoms with Crippen molar-refractivity contribution in [3.63, 3.8) is 0 Å². The van der Waals surface area contributed by atoms with E-state index >= 15 is 0 Å². The van der Waals surface area contributed by atoms with Gasteiger partial charge < -0.3 is 4.74 Å². The maximum Gasteiger partial charge on any atom is 0.339 e. The van der Waals surface area contributed by atoms with E-state index in [-0.39, 0.29) is 9.77 Å². The molecule has 0 saturated heterocycles. The molecule has 0 radical (unpaired) electrons. The Balaban J connectivity index is 1.86. The molecule has 1 heterocycles. The first-order chi connectivity index (χ1) is 8.47. The van der Waals surface area contributed by atoms with Crippen LogP contribution in [0.3, 0.4) is 0 Å². The van der Waals surface area contributed by atoms with Crippen LogP contribution < -0.4 is 0 Å². The first-order valence-electron chi connectivity index (χ1n) is 5.67. The second kappa shape index (κ2) is 5.59. The van der Waals surface area contributed by atoms with Crippen LogP contribution in [0, 0.1) is 5.92 Å². The number of carbonyl (C=O) groups is 1. The van der Waals surface area contributed by atoms with Crippen LogP contribution in [0.5, 0.6) is 0 Å². The average molecular weight is 309 g/mol. The molecular weight excluding hydrogens is 296 g/mol. The highest BCUT2D eigenvalue weighted by Gasteiger charge is 2.19. The molecule has 1 aliphatic rings. The molecule has 0 amide bonds. The summed E-state index contributed by atoms with van der Waals surface area (Å²) in [5.41, 5.74) is 0.243. The van der Waals surface area contributed by atoms with Gasteiger partial charge in [0.15, 0.2) is 0 Å². The van der Waals surface area contributed by atoms with Crippen LogP contribution in [0.1, 0.15) is 36.0 Å². The Morgan fingerprint density at radius 3 is 2.72 bits per heavy atom. The van der Waals surface area contributed by atoms with Gasteiger partial charge in [-0.3, -0.25) is 0 Å². The smallest absolute Gasteiger partial charge is 0.339 e. The third-order valence-corrected chi connectivity index (χ3v) is 6.08. The number of hydrogen-bond donors (Lipinski definition) is 0. The van der Waals surface area contributed by atoms with E-state index in [9.17, 15) is 13.2 Å². The number of halogens is 1. The third kappa shape index (κ3) is 3.46. The van der Waals surface area contributed by atoms with Crippen molar-refractivity contribution in [3.8, 4) is 0 Å². The minimum absolute atomic E-state index is 0.0323. The van der Waals surface area contributed by atoms with Crippen LogP contribution in [0.15, 0.2) is 15.7 Å². The number of rotatable bonds is 5. The Kier molecular flexibility index (Phi) is 4.29. The molecule has 1 aliphatic carbocycles. The van der Waals surface area contributed by atoms with Crippen molar-refractivity contribution in [1.82, 2.24) is 0 Å². The summed E-state index contributed by atoms with van der Waals surface area (Å²) in [6.45, 7) is 0.391. The van der Waals surface area contributed by atoms with Gasteiger partial charge in [0, 0.05) is 16.1 Å². The molecule has 0 aliphatic heterocycles. The van der Waals surface area contributed by atoms with E-state index in [0.717, 1.165) is 17.8 Å². The second-order valence-electron chi connectivity index (χ2n) is 4.31. The Hall–Kier alpha value is -0.590. The van der Waals surface area contributed by atoms with Crippen LogP contribution in [0.4, 0.5) is 0 Å². The molecule has 4 nitrogen and oxygen atoms in total. The zero-order chi connectivity index (χ0) is 13.2. The van der Waals surface area contributed by atoms with E-state index in [1.165, 1.54) is 30.7 Å². The number of esters is 1. The van der Waals surface area contributed by atoms with Crippen molar-refractivity contribution < 1.29 is 17.9 Å². The summed E-state index contributed by atoms with van der Waals surface area (Å²) < 4.78 is 27.1. The zero-order valence-corrected chi connectivity index (χ0v) is 12.0. The average Bonchev–Trinajstić information content (AvgIpc) is 2.69. The summed E-state index contributed by atoms with van der Waals surface area (Å²) in [4.78, 5) is 11.6. The fourth-order valence-electron chi connectivity index (χ4n) is 1.73. The van der Waals surface area contributed by atoms with E-state index in [1.54, 1.807) is 0 Å². The van der Waals surface area contributed by atoms with Crippen LogP contribution in [0.2, 0.25) is 0 Å². The molecule has 0 bridgehead atoms. The van der Waals surface area contributed by atoms with Gasteiger partial charge in [0.25, 0.3) is 9.05 Å². The number of thiophene rings is 1. The topological polar surface area (TPSA) is 60.4 Å².